The second-order valence-electron chi connectivity index (χ2n) is 7.51. The van der Waals surface area contributed by atoms with E-state index in [0.717, 1.165) is 0 Å². The number of benzene rings is 3. The zero-order valence-electron chi connectivity index (χ0n) is 17.7. The number of anilines is 3. The molecule has 3 N–H and O–H groups in total. The lowest BCUT2D eigenvalue weighted by Crippen LogP contribution is -2.12. The number of aromatic amines is 1. The molecule has 2 heterocycles. The molecule has 1 amide bonds. The van der Waals surface area contributed by atoms with E-state index in [1.165, 1.54) is 6.33 Å². The molecule has 7 nitrogen and oxygen atoms in total. The lowest BCUT2D eigenvalue weighted by atomic mass is 10.0. The first-order valence-corrected chi connectivity index (χ1v) is 10.8. The Morgan fingerprint density at radius 2 is 1.59 bits per heavy atom. The van der Waals surface area contributed by atoms with Crippen LogP contribution in [0.25, 0.3) is 11.0 Å². The summed E-state index contributed by atoms with van der Waals surface area (Å²) < 4.78 is 0. The standard InChI is InChI=1S/C26H18ClN5O2/c27-18-9-11-19(12-10-18)32-26(34)17-7-4-8-20(13-17)31-25-22-21(14-28-24(22)29-15-30-25)23(33)16-5-2-1-3-6-16/h1-15H,(H,32,34)(H2,28,29,30,31). The van der Waals surface area contributed by atoms with E-state index < -0.39 is 0 Å². The zero-order valence-corrected chi connectivity index (χ0v) is 18.5. The molecular formula is C26H18ClN5O2. The van der Waals surface area contributed by atoms with E-state index in [4.69, 9.17) is 11.6 Å². The first kappa shape index (κ1) is 21.4. The summed E-state index contributed by atoms with van der Waals surface area (Å²) in [6.45, 7) is 0. The molecule has 0 spiro atoms. The van der Waals surface area contributed by atoms with E-state index in [0.29, 0.717) is 49.9 Å². The molecule has 0 aliphatic carbocycles. The van der Waals surface area contributed by atoms with Gasteiger partial charge in [0.2, 0.25) is 0 Å². The second kappa shape index (κ2) is 9.17. The Kier molecular flexibility index (Phi) is 5.76. The number of carbonyl (C=O) groups is 2. The summed E-state index contributed by atoms with van der Waals surface area (Å²) in [5.74, 6) is 0.0574. The zero-order chi connectivity index (χ0) is 23.5. The van der Waals surface area contributed by atoms with Crippen molar-refractivity contribution in [2.45, 2.75) is 0 Å². The van der Waals surface area contributed by atoms with Crippen LogP contribution in [-0.2, 0) is 0 Å². The molecule has 0 unspecified atom stereocenters. The highest BCUT2D eigenvalue weighted by Gasteiger charge is 2.18. The summed E-state index contributed by atoms with van der Waals surface area (Å²) in [7, 11) is 0. The van der Waals surface area contributed by atoms with E-state index in [9.17, 15) is 9.59 Å². The van der Waals surface area contributed by atoms with Crippen molar-refractivity contribution < 1.29 is 9.59 Å². The summed E-state index contributed by atoms with van der Waals surface area (Å²) >= 11 is 5.91. The lowest BCUT2D eigenvalue weighted by molar-refractivity contribution is 0.102. The number of halogens is 1. The normalized spacial score (nSPS) is 10.7. The molecule has 0 saturated carbocycles. The van der Waals surface area contributed by atoms with Crippen LogP contribution in [-0.4, -0.2) is 26.6 Å². The van der Waals surface area contributed by atoms with Gasteiger partial charge in [0.1, 0.15) is 17.8 Å². The molecule has 166 valence electrons. The van der Waals surface area contributed by atoms with Crippen molar-refractivity contribution >= 4 is 51.5 Å². The number of nitrogens with zero attached hydrogens (tertiary/aromatic N) is 2. The Hall–Kier alpha value is -4.49. The van der Waals surface area contributed by atoms with Crippen molar-refractivity contribution in [3.8, 4) is 0 Å². The van der Waals surface area contributed by atoms with E-state index in [-0.39, 0.29) is 11.7 Å². The van der Waals surface area contributed by atoms with Crippen LogP contribution < -0.4 is 10.6 Å². The fourth-order valence-electron chi connectivity index (χ4n) is 3.59. The van der Waals surface area contributed by atoms with Crippen LogP contribution in [0.4, 0.5) is 17.2 Å². The minimum Gasteiger partial charge on any atom is -0.345 e. The predicted molar refractivity (Wildman–Crippen MR) is 133 cm³/mol. The number of aromatic nitrogens is 3. The maximum absolute atomic E-state index is 13.1. The number of fused-ring (bicyclic) bond motifs is 1. The third-order valence-corrected chi connectivity index (χ3v) is 5.49. The quantitative estimate of drug-likeness (QED) is 0.272. The maximum Gasteiger partial charge on any atom is 0.255 e. The third kappa shape index (κ3) is 4.37. The molecule has 0 atom stereocenters. The summed E-state index contributed by atoms with van der Waals surface area (Å²) in [6.07, 6.45) is 3.05. The maximum atomic E-state index is 13.1. The molecule has 5 aromatic rings. The van der Waals surface area contributed by atoms with Gasteiger partial charge in [-0.1, -0.05) is 48.0 Å². The predicted octanol–water partition coefficient (Wildman–Crippen LogP) is 5.84. The molecule has 5 rings (SSSR count). The van der Waals surface area contributed by atoms with E-state index in [2.05, 4.69) is 25.6 Å². The molecular weight excluding hydrogens is 450 g/mol. The van der Waals surface area contributed by atoms with Crippen LogP contribution in [0.5, 0.6) is 0 Å². The van der Waals surface area contributed by atoms with Crippen LogP contribution in [0.3, 0.4) is 0 Å². The topological polar surface area (TPSA) is 99.8 Å². The Bertz CT molecular complexity index is 1500. The Balaban J connectivity index is 1.43. The Morgan fingerprint density at radius 3 is 2.38 bits per heavy atom. The molecule has 0 bridgehead atoms. The molecule has 3 aromatic carbocycles. The van der Waals surface area contributed by atoms with Gasteiger partial charge in [0.15, 0.2) is 5.78 Å². The summed E-state index contributed by atoms with van der Waals surface area (Å²) in [4.78, 5) is 37.5. The van der Waals surface area contributed by atoms with Gasteiger partial charge in [0.05, 0.1) is 10.9 Å². The van der Waals surface area contributed by atoms with Gasteiger partial charge in [-0.05, 0) is 42.5 Å². The van der Waals surface area contributed by atoms with E-state index in [1.54, 1.807) is 60.8 Å². The highest BCUT2D eigenvalue weighted by atomic mass is 35.5. The van der Waals surface area contributed by atoms with Crippen LogP contribution in [0.1, 0.15) is 26.3 Å². The number of carbonyl (C=O) groups excluding carboxylic acids is 2. The van der Waals surface area contributed by atoms with Crippen LogP contribution >= 0.6 is 11.6 Å². The first-order valence-electron chi connectivity index (χ1n) is 10.4. The third-order valence-electron chi connectivity index (χ3n) is 5.24. The van der Waals surface area contributed by atoms with Crippen LogP contribution in [0.15, 0.2) is 91.4 Å². The first-order chi connectivity index (χ1) is 16.6. The number of amides is 1. The van der Waals surface area contributed by atoms with Crippen molar-refractivity contribution in [2.24, 2.45) is 0 Å². The van der Waals surface area contributed by atoms with Crippen molar-refractivity contribution in [3.63, 3.8) is 0 Å². The molecule has 0 aliphatic rings. The summed E-state index contributed by atoms with van der Waals surface area (Å²) in [5.41, 5.74) is 3.30. The van der Waals surface area contributed by atoms with Gasteiger partial charge < -0.3 is 15.6 Å². The minimum atomic E-state index is -0.264. The fourth-order valence-corrected chi connectivity index (χ4v) is 3.72. The smallest absolute Gasteiger partial charge is 0.255 e. The average molecular weight is 468 g/mol. The summed E-state index contributed by atoms with van der Waals surface area (Å²) in [6, 6.07) is 22.9. The van der Waals surface area contributed by atoms with Crippen LogP contribution in [0.2, 0.25) is 5.02 Å². The van der Waals surface area contributed by atoms with E-state index >= 15 is 0 Å². The van der Waals surface area contributed by atoms with Crippen molar-refractivity contribution in [2.75, 3.05) is 10.6 Å². The molecule has 2 aromatic heterocycles. The fraction of sp³-hybridized carbons (Fsp3) is 0. The summed E-state index contributed by atoms with van der Waals surface area (Å²) in [5, 5.41) is 7.24. The highest BCUT2D eigenvalue weighted by Crippen LogP contribution is 2.28. The second-order valence-corrected chi connectivity index (χ2v) is 7.95. The Labute approximate surface area is 199 Å². The molecule has 0 aliphatic heterocycles. The number of H-pyrrole nitrogens is 1. The van der Waals surface area contributed by atoms with Gasteiger partial charge in [0.25, 0.3) is 5.91 Å². The van der Waals surface area contributed by atoms with Gasteiger partial charge >= 0.3 is 0 Å². The largest absolute Gasteiger partial charge is 0.345 e. The van der Waals surface area contributed by atoms with Gasteiger partial charge in [-0.25, -0.2) is 9.97 Å². The van der Waals surface area contributed by atoms with Crippen molar-refractivity contribution in [1.29, 1.82) is 0 Å². The molecule has 34 heavy (non-hydrogen) atoms. The lowest BCUT2D eigenvalue weighted by Gasteiger charge is -2.10. The number of rotatable bonds is 6. The molecule has 8 heteroatoms. The highest BCUT2D eigenvalue weighted by molar-refractivity contribution is 6.30. The van der Waals surface area contributed by atoms with Crippen LogP contribution in [0, 0.1) is 0 Å². The molecule has 0 fully saturated rings. The Morgan fingerprint density at radius 1 is 0.824 bits per heavy atom. The number of ketones is 1. The van der Waals surface area contributed by atoms with Crippen molar-refractivity contribution in [1.82, 2.24) is 15.0 Å². The SMILES string of the molecule is O=C(Nc1ccc(Cl)cc1)c1cccc(Nc2ncnc3[nH]cc(C(=O)c4ccccc4)c23)c1. The van der Waals surface area contributed by atoms with Gasteiger partial charge in [-0.3, -0.25) is 9.59 Å². The number of hydrogen-bond acceptors (Lipinski definition) is 5. The minimum absolute atomic E-state index is 0.138. The number of nitrogens with one attached hydrogen (secondary N) is 3. The average Bonchev–Trinajstić information content (AvgIpc) is 3.31. The van der Waals surface area contributed by atoms with Gasteiger partial charge in [0, 0.05) is 33.7 Å². The molecule has 0 radical (unpaired) electrons. The van der Waals surface area contributed by atoms with Gasteiger partial charge in [-0.15, -0.1) is 0 Å². The van der Waals surface area contributed by atoms with Crippen molar-refractivity contribution in [3.05, 3.63) is 113 Å². The van der Waals surface area contributed by atoms with E-state index in [1.807, 2.05) is 24.3 Å². The molecule has 0 saturated heterocycles. The van der Waals surface area contributed by atoms with Gasteiger partial charge in [-0.2, -0.15) is 0 Å². The monoisotopic (exact) mass is 467 g/mol. The number of hydrogen-bond donors (Lipinski definition) is 3.